The lowest BCUT2D eigenvalue weighted by molar-refractivity contribution is -0.870. The molecule has 0 spiro atoms. The van der Waals surface area contributed by atoms with Gasteiger partial charge >= 0.3 is 5.97 Å². The zero-order valence-electron chi connectivity index (χ0n) is 46.1. The molecule has 0 saturated heterocycles. The molecule has 71 heavy (non-hydrogen) atoms. The van der Waals surface area contributed by atoms with E-state index in [0.717, 1.165) is 89.9 Å². The normalized spacial score (nSPS) is 14.4. The Morgan fingerprint density at radius 2 is 0.817 bits per heavy atom. The van der Waals surface area contributed by atoms with Crippen LogP contribution >= 0.6 is 7.82 Å². The first-order valence-electron chi connectivity index (χ1n) is 28.3. The summed E-state index contributed by atoms with van der Waals surface area (Å²) >= 11 is 0. The number of carbonyl (C=O) groups is 1. The van der Waals surface area contributed by atoms with Gasteiger partial charge in [-0.25, -0.2) is 0 Å². The first-order chi connectivity index (χ1) is 34.6. The Hall–Kier alpha value is -3.10. The molecular weight excluding hydrogens is 902 g/mol. The summed E-state index contributed by atoms with van der Waals surface area (Å²) in [4.78, 5) is 25.2. The molecule has 0 rings (SSSR count). The molecule has 0 saturated carbocycles. The van der Waals surface area contributed by atoms with Crippen LogP contribution in [-0.4, -0.2) is 70.7 Å². The van der Waals surface area contributed by atoms with Crippen molar-refractivity contribution in [1.29, 1.82) is 0 Å². The van der Waals surface area contributed by atoms with Crippen molar-refractivity contribution in [2.75, 3.05) is 54.1 Å². The van der Waals surface area contributed by atoms with Crippen LogP contribution in [0, 0.1) is 0 Å². The van der Waals surface area contributed by atoms with Gasteiger partial charge in [-0.1, -0.05) is 212 Å². The Balaban J connectivity index is 4.23. The van der Waals surface area contributed by atoms with E-state index in [2.05, 4.69) is 135 Å². The summed E-state index contributed by atoms with van der Waals surface area (Å²) in [6, 6.07) is 0. The second-order valence-electron chi connectivity index (χ2n) is 19.6. The van der Waals surface area contributed by atoms with Crippen LogP contribution < -0.4 is 4.89 Å². The summed E-state index contributed by atoms with van der Waals surface area (Å²) in [5.41, 5.74) is 0. The van der Waals surface area contributed by atoms with Gasteiger partial charge in [-0.3, -0.25) is 9.36 Å². The van der Waals surface area contributed by atoms with Gasteiger partial charge in [0.15, 0.2) is 0 Å². The highest BCUT2D eigenvalue weighted by molar-refractivity contribution is 7.45. The van der Waals surface area contributed by atoms with Gasteiger partial charge in [-0.05, 0) is 109 Å². The molecule has 0 aliphatic heterocycles. The van der Waals surface area contributed by atoms with E-state index in [1.54, 1.807) is 0 Å². The van der Waals surface area contributed by atoms with Crippen LogP contribution in [0.5, 0.6) is 0 Å². The number of phosphoric ester groups is 1. The molecule has 0 heterocycles. The van der Waals surface area contributed by atoms with Crippen molar-refractivity contribution in [3.8, 4) is 0 Å². The molecule has 0 aromatic rings. The molecule has 0 bridgehead atoms. The predicted octanol–water partition coefficient (Wildman–Crippen LogP) is 17.4. The zero-order valence-corrected chi connectivity index (χ0v) is 47.0. The summed E-state index contributed by atoms with van der Waals surface area (Å²) in [5.74, 6) is -0.371. The smallest absolute Gasteiger partial charge is 0.306 e. The molecule has 0 fully saturated rings. The third-order valence-electron chi connectivity index (χ3n) is 11.5. The summed E-state index contributed by atoms with van der Waals surface area (Å²) in [7, 11) is 1.31. The maximum absolute atomic E-state index is 12.8. The van der Waals surface area contributed by atoms with Crippen LogP contribution in [0.15, 0.2) is 122 Å². The molecule has 0 aliphatic carbocycles. The van der Waals surface area contributed by atoms with E-state index in [0.29, 0.717) is 24.1 Å². The van der Waals surface area contributed by atoms with Crippen LogP contribution in [0.1, 0.15) is 206 Å². The molecule has 2 unspecified atom stereocenters. The first-order valence-corrected chi connectivity index (χ1v) is 29.7. The van der Waals surface area contributed by atoms with E-state index >= 15 is 0 Å². The lowest BCUT2D eigenvalue weighted by atomic mass is 10.1. The molecule has 0 amide bonds. The van der Waals surface area contributed by atoms with Crippen molar-refractivity contribution >= 4 is 13.8 Å². The van der Waals surface area contributed by atoms with Crippen molar-refractivity contribution in [1.82, 2.24) is 0 Å². The summed E-state index contributed by atoms with van der Waals surface area (Å²) in [6.45, 7) is 5.21. The number of ether oxygens (including phenoxy) is 2. The van der Waals surface area contributed by atoms with E-state index in [-0.39, 0.29) is 32.2 Å². The summed E-state index contributed by atoms with van der Waals surface area (Å²) in [6.07, 6.45) is 76.6. The van der Waals surface area contributed by atoms with E-state index in [1.807, 2.05) is 21.1 Å². The third-order valence-corrected chi connectivity index (χ3v) is 12.5. The fourth-order valence-corrected chi connectivity index (χ4v) is 7.91. The number of esters is 1. The van der Waals surface area contributed by atoms with Gasteiger partial charge in [0, 0.05) is 13.0 Å². The Morgan fingerprint density at radius 3 is 1.23 bits per heavy atom. The Labute approximate surface area is 437 Å². The minimum absolute atomic E-state index is 0.0107. The largest absolute Gasteiger partial charge is 0.756 e. The topological polar surface area (TPSA) is 94.1 Å². The molecule has 0 aromatic carbocycles. The van der Waals surface area contributed by atoms with E-state index in [4.69, 9.17) is 18.5 Å². The average molecular weight is 1010 g/mol. The summed E-state index contributed by atoms with van der Waals surface area (Å²) in [5, 5.41) is 0. The van der Waals surface area contributed by atoms with Crippen LogP contribution in [-0.2, 0) is 27.9 Å². The predicted molar refractivity (Wildman–Crippen MR) is 304 cm³/mol. The van der Waals surface area contributed by atoms with Crippen LogP contribution in [0.2, 0.25) is 0 Å². The second kappa shape index (κ2) is 53.2. The van der Waals surface area contributed by atoms with Gasteiger partial charge in [0.25, 0.3) is 7.82 Å². The number of nitrogens with zero attached hydrogens (tertiary/aromatic N) is 1. The maximum Gasteiger partial charge on any atom is 0.306 e. The number of quaternary nitrogens is 1. The highest BCUT2D eigenvalue weighted by atomic mass is 31.2. The highest BCUT2D eigenvalue weighted by Crippen LogP contribution is 2.38. The third kappa shape index (κ3) is 57.7. The van der Waals surface area contributed by atoms with Gasteiger partial charge in [0.1, 0.15) is 19.3 Å². The van der Waals surface area contributed by atoms with Gasteiger partial charge in [-0.15, -0.1) is 0 Å². The molecule has 9 heteroatoms. The van der Waals surface area contributed by atoms with Gasteiger partial charge < -0.3 is 27.9 Å². The van der Waals surface area contributed by atoms with Crippen molar-refractivity contribution < 1.29 is 37.3 Å². The molecule has 0 aromatic heterocycles. The van der Waals surface area contributed by atoms with Crippen molar-refractivity contribution in [3.63, 3.8) is 0 Å². The SMILES string of the molecule is CC/C=C\C/C=C\C/C=C\C/C=C\C/C=C\C/C=C\C/C=C\CCCCCC(=O)OC(COCCCCCCCCCCC/C=C\C/C=C\C/C=C\CCCCCCC)COP(=O)([O-])OCC[N+](C)(C)C. The Bertz CT molecular complexity index is 1550. The van der Waals surface area contributed by atoms with Gasteiger partial charge in [0.05, 0.1) is 34.4 Å². The molecule has 8 nitrogen and oxygen atoms in total. The van der Waals surface area contributed by atoms with Crippen molar-refractivity contribution in [3.05, 3.63) is 122 Å². The van der Waals surface area contributed by atoms with Crippen molar-refractivity contribution in [2.45, 2.75) is 213 Å². The standard InChI is InChI=1S/C62H106NO7P/c1-6-8-10-12-14-16-18-20-22-24-26-28-30-32-33-35-37-39-41-43-45-47-49-51-53-55-62(64)70-61(60-69-71(65,66)68-58-56-63(3,4)5)59-67-57-54-52-50-48-46-44-42-40-38-36-34-31-29-27-25-23-21-19-17-15-13-11-9-7-2/h8,10,14,16,19-22,25-28,31-34,37,39,43,45,61H,6-7,9,11-13,15,17-18,23-24,29-30,35-36,38,40-42,44,46-60H2,1-5H3/b10-8-,16-14-,21-19-,22-20-,27-25-,28-26-,33-32-,34-31-,39-37-,45-43-. The van der Waals surface area contributed by atoms with E-state index in [9.17, 15) is 14.3 Å². The number of unbranched alkanes of at least 4 members (excludes halogenated alkanes) is 17. The lowest BCUT2D eigenvalue weighted by Gasteiger charge is -2.28. The van der Waals surface area contributed by atoms with Crippen LogP contribution in [0.3, 0.4) is 0 Å². The lowest BCUT2D eigenvalue weighted by Crippen LogP contribution is -2.37. The molecule has 0 N–H and O–H groups in total. The number of rotatable bonds is 51. The van der Waals surface area contributed by atoms with Crippen LogP contribution in [0.4, 0.5) is 0 Å². The number of phosphoric acid groups is 1. The quantitative estimate of drug-likeness (QED) is 0.0197. The number of hydrogen-bond donors (Lipinski definition) is 0. The minimum Gasteiger partial charge on any atom is -0.756 e. The summed E-state index contributed by atoms with van der Waals surface area (Å²) < 4.78 is 34.8. The number of carbonyl (C=O) groups excluding carboxylic acids is 1. The number of hydrogen-bond acceptors (Lipinski definition) is 7. The van der Waals surface area contributed by atoms with E-state index in [1.165, 1.54) is 89.9 Å². The molecule has 2 atom stereocenters. The molecular formula is C62H106NO7P. The minimum atomic E-state index is -4.56. The first kappa shape index (κ1) is 67.9. The highest BCUT2D eigenvalue weighted by Gasteiger charge is 2.20. The van der Waals surface area contributed by atoms with E-state index < -0.39 is 13.9 Å². The second-order valence-corrected chi connectivity index (χ2v) is 21.0. The monoisotopic (exact) mass is 1010 g/mol. The van der Waals surface area contributed by atoms with Crippen LogP contribution in [0.25, 0.3) is 0 Å². The number of allylic oxidation sites excluding steroid dienone is 20. The van der Waals surface area contributed by atoms with Crippen molar-refractivity contribution in [2.24, 2.45) is 0 Å². The molecule has 0 aliphatic rings. The zero-order chi connectivity index (χ0) is 51.9. The fraction of sp³-hybridized carbons (Fsp3) is 0.661. The molecule has 406 valence electrons. The van der Waals surface area contributed by atoms with Gasteiger partial charge in [-0.2, -0.15) is 0 Å². The number of likely N-dealkylation sites (N-methyl/N-ethyl adjacent to an activating group) is 1. The molecule has 0 radical (unpaired) electrons. The Kier molecular flexibility index (Phi) is 50.9. The Morgan fingerprint density at radius 1 is 0.451 bits per heavy atom. The van der Waals surface area contributed by atoms with Gasteiger partial charge in [0.2, 0.25) is 0 Å². The maximum atomic E-state index is 12.8. The average Bonchev–Trinajstić information content (AvgIpc) is 3.33. The fourth-order valence-electron chi connectivity index (χ4n) is 7.18.